The van der Waals surface area contributed by atoms with Gasteiger partial charge in [-0.05, 0) is 37.6 Å². The summed E-state index contributed by atoms with van der Waals surface area (Å²) in [4.78, 5) is 17.7. The zero-order valence-electron chi connectivity index (χ0n) is 9.15. The largest absolute Gasteiger partial charge is 0.321 e. The fraction of sp³-hybridized carbons (Fsp3) is 0.167. The third kappa shape index (κ3) is 2.28. The van der Waals surface area contributed by atoms with Crippen LogP contribution >= 0.6 is 11.3 Å². The number of hydrogen-bond acceptors (Lipinski definition) is 3. The van der Waals surface area contributed by atoms with E-state index in [4.69, 9.17) is 0 Å². The van der Waals surface area contributed by atoms with Gasteiger partial charge < -0.3 is 5.32 Å². The van der Waals surface area contributed by atoms with Crippen molar-refractivity contribution in [3.8, 4) is 0 Å². The molecule has 4 heteroatoms. The first-order valence-electron chi connectivity index (χ1n) is 4.95. The van der Waals surface area contributed by atoms with Crippen LogP contribution in [0.25, 0.3) is 0 Å². The number of carbonyl (C=O) groups is 1. The van der Waals surface area contributed by atoms with Crippen molar-refractivity contribution in [1.29, 1.82) is 0 Å². The minimum atomic E-state index is -0.0626. The molecule has 0 bridgehead atoms. The lowest BCUT2D eigenvalue weighted by Crippen LogP contribution is -2.09. The number of carbonyl (C=O) groups excluding carboxylic acids is 1. The van der Waals surface area contributed by atoms with E-state index in [0.29, 0.717) is 0 Å². The lowest BCUT2D eigenvalue weighted by atomic mass is 10.3. The van der Waals surface area contributed by atoms with Crippen molar-refractivity contribution in [3.63, 3.8) is 0 Å². The van der Waals surface area contributed by atoms with Crippen molar-refractivity contribution in [2.24, 2.45) is 0 Å². The highest BCUT2D eigenvalue weighted by molar-refractivity contribution is 7.14. The number of thiophene rings is 1. The Bertz CT molecular complexity index is 485. The van der Waals surface area contributed by atoms with E-state index < -0.39 is 0 Å². The molecule has 0 spiro atoms. The van der Waals surface area contributed by atoms with Crippen LogP contribution in [0, 0.1) is 13.8 Å². The van der Waals surface area contributed by atoms with Gasteiger partial charge in [0, 0.05) is 23.0 Å². The predicted molar refractivity (Wildman–Crippen MR) is 66.0 cm³/mol. The van der Waals surface area contributed by atoms with E-state index in [0.717, 1.165) is 16.1 Å². The quantitative estimate of drug-likeness (QED) is 0.864. The Balaban J connectivity index is 2.15. The van der Waals surface area contributed by atoms with Crippen molar-refractivity contribution < 1.29 is 4.79 Å². The highest BCUT2D eigenvalue weighted by Gasteiger charge is 2.10. The van der Waals surface area contributed by atoms with Crippen LogP contribution < -0.4 is 5.32 Å². The van der Waals surface area contributed by atoms with Crippen molar-refractivity contribution in [3.05, 3.63) is 45.9 Å². The summed E-state index contributed by atoms with van der Waals surface area (Å²) in [5.74, 6) is -0.0626. The SMILES string of the molecule is Cc1cc(C(=O)Nc2ccncc2)sc1C. The molecule has 2 rings (SSSR count). The Labute approximate surface area is 98.2 Å². The van der Waals surface area contributed by atoms with Crippen LogP contribution in [-0.2, 0) is 0 Å². The molecule has 0 aliphatic heterocycles. The summed E-state index contributed by atoms with van der Waals surface area (Å²) in [6, 6.07) is 5.45. The zero-order valence-corrected chi connectivity index (χ0v) is 9.97. The fourth-order valence-electron chi connectivity index (χ4n) is 1.31. The van der Waals surface area contributed by atoms with E-state index in [1.807, 2.05) is 19.9 Å². The summed E-state index contributed by atoms with van der Waals surface area (Å²) in [6.45, 7) is 4.03. The van der Waals surface area contributed by atoms with E-state index in [-0.39, 0.29) is 5.91 Å². The molecule has 3 nitrogen and oxygen atoms in total. The predicted octanol–water partition coefficient (Wildman–Crippen LogP) is 3.01. The van der Waals surface area contributed by atoms with Crippen LogP contribution in [0.15, 0.2) is 30.6 Å². The Kier molecular flexibility index (Phi) is 3.01. The van der Waals surface area contributed by atoms with Crippen molar-refractivity contribution in [2.75, 3.05) is 5.32 Å². The molecule has 1 N–H and O–H groups in total. The second-order valence-electron chi connectivity index (χ2n) is 3.54. The average Bonchev–Trinajstić information content (AvgIpc) is 2.61. The molecular formula is C12H12N2OS. The summed E-state index contributed by atoms with van der Waals surface area (Å²) < 4.78 is 0. The van der Waals surface area contributed by atoms with Gasteiger partial charge in [0.05, 0.1) is 4.88 Å². The standard InChI is InChI=1S/C12H12N2OS/c1-8-7-11(16-9(8)2)12(15)14-10-3-5-13-6-4-10/h3-7H,1-2H3,(H,13,14,15). The van der Waals surface area contributed by atoms with Crippen molar-refractivity contribution >= 4 is 22.9 Å². The third-order valence-corrected chi connectivity index (χ3v) is 3.48. The highest BCUT2D eigenvalue weighted by Crippen LogP contribution is 2.21. The Hall–Kier alpha value is -1.68. The van der Waals surface area contributed by atoms with Crippen LogP contribution in [0.3, 0.4) is 0 Å². The molecule has 0 aliphatic carbocycles. The number of nitrogens with one attached hydrogen (secondary N) is 1. The van der Waals surface area contributed by atoms with Gasteiger partial charge in [-0.2, -0.15) is 0 Å². The minimum Gasteiger partial charge on any atom is -0.321 e. The van der Waals surface area contributed by atoms with Crippen molar-refractivity contribution in [2.45, 2.75) is 13.8 Å². The van der Waals surface area contributed by atoms with Gasteiger partial charge in [0.2, 0.25) is 0 Å². The number of rotatable bonds is 2. The van der Waals surface area contributed by atoms with E-state index in [2.05, 4.69) is 10.3 Å². The first kappa shape index (κ1) is 10.8. The first-order valence-corrected chi connectivity index (χ1v) is 5.77. The molecule has 0 radical (unpaired) electrons. The molecule has 82 valence electrons. The molecule has 0 unspecified atom stereocenters. The Morgan fingerprint density at radius 2 is 2.00 bits per heavy atom. The molecule has 16 heavy (non-hydrogen) atoms. The molecule has 0 atom stereocenters. The normalized spacial score (nSPS) is 10.1. The number of nitrogens with zero attached hydrogens (tertiary/aromatic N) is 1. The maximum Gasteiger partial charge on any atom is 0.265 e. The van der Waals surface area contributed by atoms with Gasteiger partial charge in [-0.1, -0.05) is 0 Å². The second-order valence-corrected chi connectivity index (χ2v) is 4.80. The number of aromatic nitrogens is 1. The first-order chi connectivity index (χ1) is 7.66. The van der Waals surface area contributed by atoms with Gasteiger partial charge in [-0.3, -0.25) is 9.78 Å². The molecular weight excluding hydrogens is 220 g/mol. The van der Waals surface area contributed by atoms with Crippen LogP contribution in [0.5, 0.6) is 0 Å². The maximum atomic E-state index is 11.9. The molecule has 0 saturated carbocycles. The minimum absolute atomic E-state index is 0.0626. The zero-order chi connectivity index (χ0) is 11.5. The summed E-state index contributed by atoms with van der Waals surface area (Å²) in [5.41, 5.74) is 1.92. The average molecular weight is 232 g/mol. The van der Waals surface area contributed by atoms with E-state index in [1.165, 1.54) is 16.2 Å². The summed E-state index contributed by atoms with van der Waals surface area (Å²) in [5, 5.41) is 2.83. The third-order valence-electron chi connectivity index (χ3n) is 2.33. The highest BCUT2D eigenvalue weighted by atomic mass is 32.1. The molecule has 0 fully saturated rings. The summed E-state index contributed by atoms with van der Waals surface area (Å²) >= 11 is 1.51. The van der Waals surface area contributed by atoms with E-state index in [9.17, 15) is 4.79 Å². The van der Waals surface area contributed by atoms with Gasteiger partial charge in [0.1, 0.15) is 0 Å². The number of hydrogen-bond donors (Lipinski definition) is 1. The van der Waals surface area contributed by atoms with Gasteiger partial charge in [0.15, 0.2) is 0 Å². The van der Waals surface area contributed by atoms with Crippen LogP contribution in [-0.4, -0.2) is 10.9 Å². The lowest BCUT2D eigenvalue weighted by Gasteiger charge is -2.01. The molecule has 2 heterocycles. The number of anilines is 1. The van der Waals surface area contributed by atoms with Gasteiger partial charge >= 0.3 is 0 Å². The monoisotopic (exact) mass is 232 g/mol. The Morgan fingerprint density at radius 1 is 1.31 bits per heavy atom. The Morgan fingerprint density at radius 3 is 2.56 bits per heavy atom. The maximum absolute atomic E-state index is 11.9. The second kappa shape index (κ2) is 4.45. The molecule has 0 aromatic carbocycles. The van der Waals surface area contributed by atoms with Crippen LogP contribution in [0.4, 0.5) is 5.69 Å². The number of pyridine rings is 1. The van der Waals surface area contributed by atoms with Gasteiger partial charge in [0.25, 0.3) is 5.91 Å². The molecule has 2 aromatic heterocycles. The van der Waals surface area contributed by atoms with Crippen LogP contribution in [0.1, 0.15) is 20.1 Å². The fourth-order valence-corrected chi connectivity index (χ4v) is 2.24. The number of aryl methyl sites for hydroxylation is 2. The molecule has 0 aliphatic rings. The van der Waals surface area contributed by atoms with E-state index in [1.54, 1.807) is 24.5 Å². The summed E-state index contributed by atoms with van der Waals surface area (Å²) in [7, 11) is 0. The molecule has 2 aromatic rings. The van der Waals surface area contributed by atoms with Crippen molar-refractivity contribution in [1.82, 2.24) is 4.98 Å². The van der Waals surface area contributed by atoms with Gasteiger partial charge in [-0.25, -0.2) is 0 Å². The smallest absolute Gasteiger partial charge is 0.265 e. The molecule has 1 amide bonds. The lowest BCUT2D eigenvalue weighted by molar-refractivity contribution is 0.103. The topological polar surface area (TPSA) is 42.0 Å². The van der Waals surface area contributed by atoms with E-state index >= 15 is 0 Å². The van der Waals surface area contributed by atoms with Gasteiger partial charge in [-0.15, -0.1) is 11.3 Å². The summed E-state index contributed by atoms with van der Waals surface area (Å²) in [6.07, 6.45) is 3.31. The number of amides is 1. The van der Waals surface area contributed by atoms with Crippen LogP contribution in [0.2, 0.25) is 0 Å². The molecule has 0 saturated heterocycles.